The molecule has 2 aromatic carbocycles. The van der Waals surface area contributed by atoms with Gasteiger partial charge in [-0.15, -0.1) is 37.5 Å². The first-order valence-corrected chi connectivity index (χ1v) is 19.2. The van der Waals surface area contributed by atoms with Gasteiger partial charge in [-0.25, -0.2) is 0 Å². The Balaban J connectivity index is 0.000000770. The van der Waals surface area contributed by atoms with Crippen molar-refractivity contribution in [1.82, 2.24) is 4.90 Å². The van der Waals surface area contributed by atoms with E-state index < -0.39 is 0 Å². The first kappa shape index (κ1) is 45.4. The van der Waals surface area contributed by atoms with Crippen LogP contribution in [0.5, 0.6) is 5.75 Å². The molecule has 5 nitrogen and oxygen atoms in total. The van der Waals surface area contributed by atoms with Crippen LogP contribution in [0.25, 0.3) is 0 Å². The summed E-state index contributed by atoms with van der Waals surface area (Å²) >= 11 is 2.12. The summed E-state index contributed by atoms with van der Waals surface area (Å²) in [5.74, 6) is 2.32. The molecule has 0 atom stereocenters. The van der Waals surface area contributed by atoms with Crippen LogP contribution in [0.4, 0.5) is 5.69 Å². The monoisotopic (exact) mass is 681 g/mol. The molecular formula is C42H70N3O2S+. The van der Waals surface area contributed by atoms with Crippen LogP contribution in [0.15, 0.2) is 53.4 Å². The van der Waals surface area contributed by atoms with Crippen LogP contribution in [0.2, 0.25) is 0 Å². The summed E-state index contributed by atoms with van der Waals surface area (Å²) in [4.78, 5) is 6.35. The minimum absolute atomic E-state index is 0.577. The molecule has 3 saturated heterocycles. The third kappa shape index (κ3) is 15.7. The number of unbranched alkanes of at least 4 members (excludes halogenated alkanes) is 2. The number of thioether (sulfide) groups is 1. The van der Waals surface area contributed by atoms with Gasteiger partial charge in [0.25, 0.3) is 0 Å². The fourth-order valence-electron chi connectivity index (χ4n) is 6.68. The van der Waals surface area contributed by atoms with E-state index in [2.05, 4.69) is 93.4 Å². The predicted octanol–water partition coefficient (Wildman–Crippen LogP) is 8.89. The highest BCUT2D eigenvalue weighted by molar-refractivity contribution is 7.99. The van der Waals surface area contributed by atoms with Crippen LogP contribution >= 0.6 is 11.8 Å². The largest absolute Gasteiger partial charge is 0.493 e. The molecule has 4 aliphatic rings. The summed E-state index contributed by atoms with van der Waals surface area (Å²) in [5, 5.41) is 7.00. The Hall–Kier alpha value is -2.61. The van der Waals surface area contributed by atoms with Crippen LogP contribution in [0.1, 0.15) is 84.6 Å². The lowest BCUT2D eigenvalue weighted by atomic mass is 9.75. The third-order valence-electron chi connectivity index (χ3n) is 9.60. The number of para-hydroxylation sites is 1. The average molecular weight is 681 g/mol. The molecule has 3 fully saturated rings. The first-order chi connectivity index (χ1) is 23.5. The predicted molar refractivity (Wildman–Crippen MR) is 213 cm³/mol. The number of benzene rings is 2. The first-order valence-electron chi connectivity index (χ1n) is 18.3. The molecule has 0 amide bonds. The highest BCUT2D eigenvalue weighted by Crippen LogP contribution is 2.45. The highest BCUT2D eigenvalue weighted by atomic mass is 32.2. The number of anilines is 1. The van der Waals surface area contributed by atoms with E-state index >= 15 is 0 Å². The van der Waals surface area contributed by atoms with E-state index in [-0.39, 0.29) is 0 Å². The SMILES string of the molecule is C#C.C#C.CC.CCCCC1(CCCC)CCc2cc(N(C)C)ccc2SC1.CO.c1ccc(OCCC[N+]23CCN(CC2)CC3)cc1. The number of quaternary nitrogens is 1. The number of piperazine rings is 3. The minimum Gasteiger partial charge on any atom is -0.493 e. The third-order valence-corrected chi connectivity index (χ3v) is 11.1. The molecule has 0 unspecified atom stereocenters. The van der Waals surface area contributed by atoms with Crippen molar-refractivity contribution in [3.63, 3.8) is 0 Å². The molecule has 0 radical (unpaired) electrons. The van der Waals surface area contributed by atoms with E-state index in [0.717, 1.165) is 19.5 Å². The lowest BCUT2D eigenvalue weighted by Gasteiger charge is -2.50. The summed E-state index contributed by atoms with van der Waals surface area (Å²) in [7, 11) is 5.27. The molecule has 0 saturated carbocycles. The summed E-state index contributed by atoms with van der Waals surface area (Å²) in [6.45, 7) is 18.8. The van der Waals surface area contributed by atoms with Crippen molar-refractivity contribution in [3.8, 4) is 31.4 Å². The molecule has 270 valence electrons. The molecule has 48 heavy (non-hydrogen) atoms. The molecule has 4 aliphatic heterocycles. The quantitative estimate of drug-likeness (QED) is 0.138. The van der Waals surface area contributed by atoms with E-state index in [1.807, 2.05) is 44.2 Å². The Morgan fingerprint density at radius 2 is 1.42 bits per heavy atom. The molecule has 6 heteroatoms. The van der Waals surface area contributed by atoms with Gasteiger partial charge in [0.15, 0.2) is 0 Å². The fraction of sp³-hybridized carbons (Fsp3) is 0.619. The van der Waals surface area contributed by atoms with Gasteiger partial charge >= 0.3 is 0 Å². The van der Waals surface area contributed by atoms with E-state index in [9.17, 15) is 0 Å². The summed E-state index contributed by atoms with van der Waals surface area (Å²) < 4.78 is 7.12. The lowest BCUT2D eigenvalue weighted by molar-refractivity contribution is -0.941. The zero-order chi connectivity index (χ0) is 36.3. The van der Waals surface area contributed by atoms with Gasteiger partial charge in [0, 0.05) is 63.6 Å². The number of rotatable bonds is 12. The number of fused-ring (bicyclic) bond motifs is 4. The molecular weight excluding hydrogens is 611 g/mol. The van der Waals surface area contributed by atoms with Crippen molar-refractivity contribution in [2.75, 3.05) is 84.3 Å². The summed E-state index contributed by atoms with van der Waals surface area (Å²) in [5.41, 5.74) is 3.49. The zero-order valence-electron chi connectivity index (χ0n) is 31.8. The maximum Gasteiger partial charge on any atom is 0.119 e. The van der Waals surface area contributed by atoms with Crippen LogP contribution in [-0.4, -0.2) is 93.9 Å². The van der Waals surface area contributed by atoms with E-state index in [1.165, 1.54) is 124 Å². The molecule has 0 spiro atoms. The normalized spacial score (nSPS) is 19.5. The van der Waals surface area contributed by atoms with Gasteiger partial charge in [-0.2, -0.15) is 0 Å². The zero-order valence-corrected chi connectivity index (χ0v) is 32.6. The summed E-state index contributed by atoms with van der Waals surface area (Å²) in [6.07, 6.45) is 28.1. The van der Waals surface area contributed by atoms with Crippen LogP contribution in [0.3, 0.4) is 0 Å². The Morgan fingerprint density at radius 1 is 0.854 bits per heavy atom. The van der Waals surface area contributed by atoms with E-state index in [1.54, 1.807) is 5.56 Å². The Kier molecular flexibility index (Phi) is 25.8. The van der Waals surface area contributed by atoms with Gasteiger partial charge in [0.1, 0.15) is 5.75 Å². The minimum atomic E-state index is 0.577. The van der Waals surface area contributed by atoms with Gasteiger partial charge in [-0.3, -0.25) is 4.90 Å². The maximum atomic E-state index is 7.00. The van der Waals surface area contributed by atoms with Crippen molar-refractivity contribution in [2.45, 2.75) is 90.4 Å². The number of ether oxygens (including phenoxy) is 1. The molecule has 2 bridgehead atoms. The van der Waals surface area contributed by atoms with Gasteiger partial charge < -0.3 is 19.2 Å². The number of nitrogens with zero attached hydrogens (tertiary/aromatic N) is 3. The topological polar surface area (TPSA) is 35.9 Å². The highest BCUT2D eigenvalue weighted by Gasteiger charge is 2.37. The van der Waals surface area contributed by atoms with Gasteiger partial charge in [0.05, 0.1) is 32.8 Å². The molecule has 0 aliphatic carbocycles. The fourth-order valence-corrected chi connectivity index (χ4v) is 8.08. The number of aliphatic hydroxyl groups excluding tert-OH is 1. The standard InChI is InChI=1S/C20H33NS.C15H23N2O.C2H6.2C2H2.CH4O/c1-5-7-12-20(13-8-6-2)14-11-17-15-18(21(3)4)9-10-19(17)22-16-20;1-2-5-15(6-3-1)18-14-4-10-17-11-7-16(8-12-17)9-13-17;4*1-2/h9-10,15H,5-8,11-14,16H2,1-4H3;1-3,5-6H,4,7-14H2;1-2H3;2*1-2H;2H,1H3/q;+1;;;;. The molecule has 4 heterocycles. The molecule has 2 aromatic rings. The lowest BCUT2D eigenvalue weighted by Crippen LogP contribution is -2.67. The second-order valence-electron chi connectivity index (χ2n) is 12.8. The van der Waals surface area contributed by atoms with Crippen molar-refractivity contribution in [2.24, 2.45) is 5.41 Å². The van der Waals surface area contributed by atoms with Gasteiger partial charge in [0.2, 0.25) is 0 Å². The van der Waals surface area contributed by atoms with E-state index in [4.69, 9.17) is 9.84 Å². The number of aliphatic hydroxyl groups is 1. The van der Waals surface area contributed by atoms with Crippen molar-refractivity contribution < 1.29 is 14.3 Å². The van der Waals surface area contributed by atoms with Crippen molar-refractivity contribution in [1.29, 1.82) is 0 Å². The second-order valence-corrected chi connectivity index (χ2v) is 13.8. The molecule has 6 rings (SSSR count). The van der Waals surface area contributed by atoms with Crippen LogP contribution in [0, 0.1) is 31.1 Å². The van der Waals surface area contributed by atoms with Crippen LogP contribution in [-0.2, 0) is 6.42 Å². The van der Waals surface area contributed by atoms with Crippen LogP contribution < -0.4 is 9.64 Å². The summed E-state index contributed by atoms with van der Waals surface area (Å²) in [6, 6.07) is 17.2. The Morgan fingerprint density at radius 3 is 1.94 bits per heavy atom. The van der Waals surface area contributed by atoms with Crippen molar-refractivity contribution >= 4 is 17.4 Å². The number of hydrogen-bond donors (Lipinski definition) is 1. The Labute approximate surface area is 301 Å². The maximum absolute atomic E-state index is 7.00. The number of aryl methyl sites for hydroxylation is 1. The molecule has 1 N–H and O–H groups in total. The number of hydrogen-bond acceptors (Lipinski definition) is 5. The van der Waals surface area contributed by atoms with E-state index in [0.29, 0.717) is 5.41 Å². The average Bonchev–Trinajstić information content (AvgIpc) is 3.36. The second kappa shape index (κ2) is 27.2. The number of terminal acetylenes is 2. The molecule has 0 aromatic heterocycles. The van der Waals surface area contributed by atoms with Gasteiger partial charge in [-0.05, 0) is 67.0 Å². The smallest absolute Gasteiger partial charge is 0.119 e. The Bertz CT molecular complexity index is 1070. The van der Waals surface area contributed by atoms with Gasteiger partial charge in [-0.1, -0.05) is 71.6 Å². The van der Waals surface area contributed by atoms with Crippen molar-refractivity contribution in [3.05, 3.63) is 54.1 Å².